The smallest absolute Gasteiger partial charge is 0.343 e. The lowest BCUT2D eigenvalue weighted by molar-refractivity contribution is -0.119. The van der Waals surface area contributed by atoms with Crippen molar-refractivity contribution in [1.82, 2.24) is 9.78 Å². The summed E-state index contributed by atoms with van der Waals surface area (Å²) in [7, 11) is 0. The van der Waals surface area contributed by atoms with Crippen LogP contribution in [0.5, 0.6) is 0 Å². The molecule has 1 N–H and O–H groups in total. The van der Waals surface area contributed by atoms with Gasteiger partial charge in [0.1, 0.15) is 10.7 Å². The number of aromatic nitrogens is 2. The number of esters is 1. The Hall–Kier alpha value is -3.65. The van der Waals surface area contributed by atoms with E-state index in [1.165, 1.54) is 4.68 Å². The molecule has 0 radical (unpaired) electrons. The van der Waals surface area contributed by atoms with Gasteiger partial charge in [0, 0.05) is 24.3 Å². The maximum atomic E-state index is 12.6. The Kier molecular flexibility index (Phi) is 6.23. The van der Waals surface area contributed by atoms with Gasteiger partial charge in [0.25, 0.3) is 5.91 Å². The second-order valence-electron chi connectivity index (χ2n) is 7.32. The highest BCUT2D eigenvalue weighted by atomic mass is 35.5. The number of rotatable bonds is 6. The van der Waals surface area contributed by atoms with Crippen LogP contribution in [-0.4, -0.2) is 40.7 Å². The summed E-state index contributed by atoms with van der Waals surface area (Å²) in [5.74, 6) is -1.18. The zero-order chi connectivity index (χ0) is 22.7. The normalized spacial score (nSPS) is 13.3. The van der Waals surface area contributed by atoms with Gasteiger partial charge in [-0.2, -0.15) is 5.10 Å². The number of carbonyl (C=O) groups is 3. The Balaban J connectivity index is 1.39. The molecule has 0 bridgehead atoms. The number of hydrogen-bond donors (Lipinski definition) is 1. The summed E-state index contributed by atoms with van der Waals surface area (Å²) in [6, 6.07) is 16.1. The first kappa shape index (κ1) is 21.6. The SMILES string of the molecule is Cc1nn(-c2ccccc2)c(Cl)c1C(=O)OCC(=O)Nc1cccc(N2CCCC2=O)c1. The van der Waals surface area contributed by atoms with E-state index in [2.05, 4.69) is 10.4 Å². The third-order valence-corrected chi connectivity index (χ3v) is 5.41. The number of benzene rings is 2. The van der Waals surface area contributed by atoms with Crippen molar-refractivity contribution in [3.05, 3.63) is 71.0 Å². The Bertz CT molecular complexity index is 1180. The van der Waals surface area contributed by atoms with Gasteiger partial charge in [-0.25, -0.2) is 9.48 Å². The van der Waals surface area contributed by atoms with Gasteiger partial charge in [0.2, 0.25) is 5.91 Å². The molecular formula is C23H21ClN4O4. The van der Waals surface area contributed by atoms with E-state index in [0.717, 1.165) is 12.1 Å². The molecule has 3 aromatic rings. The highest BCUT2D eigenvalue weighted by Gasteiger charge is 2.24. The minimum absolute atomic E-state index is 0.0608. The Morgan fingerprint density at radius 3 is 2.59 bits per heavy atom. The standard InChI is InChI=1S/C23H21ClN4O4/c1-15-21(22(24)28(26-15)17-8-3-2-4-9-17)23(31)32-14-19(29)25-16-7-5-10-18(13-16)27-12-6-11-20(27)30/h2-5,7-10,13H,6,11-12,14H2,1H3,(H,25,29). The number of aryl methyl sites for hydroxylation is 1. The van der Waals surface area contributed by atoms with E-state index >= 15 is 0 Å². The molecule has 0 unspecified atom stereocenters. The van der Waals surface area contributed by atoms with Crippen LogP contribution < -0.4 is 10.2 Å². The monoisotopic (exact) mass is 452 g/mol. The molecule has 0 aliphatic carbocycles. The third-order valence-electron chi connectivity index (χ3n) is 5.06. The molecule has 164 valence electrons. The molecule has 1 aliphatic heterocycles. The lowest BCUT2D eigenvalue weighted by atomic mass is 10.2. The molecule has 1 aromatic heterocycles. The van der Waals surface area contributed by atoms with Gasteiger partial charge in [-0.3, -0.25) is 9.59 Å². The number of anilines is 2. The molecule has 1 saturated heterocycles. The van der Waals surface area contributed by atoms with Crippen LogP contribution in [0.15, 0.2) is 54.6 Å². The third kappa shape index (κ3) is 4.50. The molecule has 4 rings (SSSR count). The maximum absolute atomic E-state index is 12.6. The van der Waals surface area contributed by atoms with E-state index in [1.54, 1.807) is 30.0 Å². The highest BCUT2D eigenvalue weighted by Crippen LogP contribution is 2.25. The van der Waals surface area contributed by atoms with Gasteiger partial charge in [0.05, 0.1) is 11.4 Å². The van der Waals surface area contributed by atoms with Crippen molar-refractivity contribution in [2.45, 2.75) is 19.8 Å². The van der Waals surface area contributed by atoms with Crippen LogP contribution in [0.25, 0.3) is 5.69 Å². The van der Waals surface area contributed by atoms with E-state index in [-0.39, 0.29) is 16.6 Å². The van der Waals surface area contributed by atoms with Crippen molar-refractivity contribution >= 4 is 40.8 Å². The molecule has 0 spiro atoms. The molecule has 0 saturated carbocycles. The van der Waals surface area contributed by atoms with Crippen LogP contribution in [0.2, 0.25) is 5.15 Å². The summed E-state index contributed by atoms with van der Waals surface area (Å²) in [5, 5.41) is 7.09. The number of halogens is 1. The Labute approximate surface area is 189 Å². The number of carbonyl (C=O) groups excluding carboxylic acids is 3. The highest BCUT2D eigenvalue weighted by molar-refractivity contribution is 6.33. The molecule has 2 amide bonds. The average Bonchev–Trinajstić information content (AvgIpc) is 3.35. The second kappa shape index (κ2) is 9.23. The number of hydrogen-bond acceptors (Lipinski definition) is 5. The van der Waals surface area contributed by atoms with Crippen molar-refractivity contribution in [3.63, 3.8) is 0 Å². The summed E-state index contributed by atoms with van der Waals surface area (Å²) in [5.41, 5.74) is 2.44. The number of amides is 2. The predicted molar refractivity (Wildman–Crippen MR) is 120 cm³/mol. The van der Waals surface area contributed by atoms with Crippen molar-refractivity contribution in [2.75, 3.05) is 23.4 Å². The first-order valence-electron chi connectivity index (χ1n) is 10.1. The zero-order valence-electron chi connectivity index (χ0n) is 17.4. The van der Waals surface area contributed by atoms with Crippen molar-refractivity contribution < 1.29 is 19.1 Å². The first-order chi connectivity index (χ1) is 15.4. The van der Waals surface area contributed by atoms with Gasteiger partial charge >= 0.3 is 5.97 Å². The summed E-state index contributed by atoms with van der Waals surface area (Å²) in [6.07, 6.45) is 1.34. The molecule has 8 nitrogen and oxygen atoms in total. The summed E-state index contributed by atoms with van der Waals surface area (Å²) in [6.45, 7) is 1.82. The number of para-hydroxylation sites is 1. The fourth-order valence-electron chi connectivity index (χ4n) is 3.54. The molecule has 9 heteroatoms. The summed E-state index contributed by atoms with van der Waals surface area (Å²) in [4.78, 5) is 38.5. The van der Waals surface area contributed by atoms with Crippen LogP contribution in [-0.2, 0) is 14.3 Å². The fourth-order valence-corrected chi connectivity index (χ4v) is 3.89. The molecular weight excluding hydrogens is 432 g/mol. The van der Waals surface area contributed by atoms with Crippen LogP contribution in [0.1, 0.15) is 28.9 Å². The fraction of sp³-hybridized carbons (Fsp3) is 0.217. The summed E-state index contributed by atoms with van der Waals surface area (Å²) >= 11 is 6.36. The van der Waals surface area contributed by atoms with E-state index in [1.807, 2.05) is 36.4 Å². The summed E-state index contributed by atoms with van der Waals surface area (Å²) < 4.78 is 6.61. The van der Waals surface area contributed by atoms with E-state index < -0.39 is 18.5 Å². The van der Waals surface area contributed by atoms with Gasteiger partial charge in [-0.1, -0.05) is 35.9 Å². The number of ether oxygens (including phenoxy) is 1. The first-order valence-corrected chi connectivity index (χ1v) is 10.5. The van der Waals surface area contributed by atoms with Crippen molar-refractivity contribution in [2.24, 2.45) is 0 Å². The molecule has 2 aromatic carbocycles. The minimum Gasteiger partial charge on any atom is -0.452 e. The zero-order valence-corrected chi connectivity index (χ0v) is 18.1. The van der Waals surface area contributed by atoms with Crippen LogP contribution in [0, 0.1) is 6.92 Å². The minimum atomic E-state index is -0.735. The molecule has 1 fully saturated rings. The van der Waals surface area contributed by atoms with Gasteiger partial charge in [0.15, 0.2) is 6.61 Å². The largest absolute Gasteiger partial charge is 0.452 e. The topological polar surface area (TPSA) is 93.5 Å². The van der Waals surface area contributed by atoms with Crippen LogP contribution in [0.3, 0.4) is 0 Å². The molecule has 0 atom stereocenters. The second-order valence-corrected chi connectivity index (χ2v) is 7.68. The Morgan fingerprint density at radius 2 is 1.88 bits per heavy atom. The Morgan fingerprint density at radius 1 is 1.12 bits per heavy atom. The molecule has 1 aliphatic rings. The number of nitrogens with zero attached hydrogens (tertiary/aromatic N) is 3. The molecule has 32 heavy (non-hydrogen) atoms. The predicted octanol–water partition coefficient (Wildman–Crippen LogP) is 3.76. The quantitative estimate of drug-likeness (QED) is 0.575. The molecule has 2 heterocycles. The van der Waals surface area contributed by atoms with E-state index in [0.29, 0.717) is 30.0 Å². The van der Waals surface area contributed by atoms with Crippen LogP contribution >= 0.6 is 11.6 Å². The van der Waals surface area contributed by atoms with Gasteiger partial charge in [-0.05, 0) is 43.7 Å². The van der Waals surface area contributed by atoms with Crippen molar-refractivity contribution in [3.8, 4) is 5.69 Å². The van der Waals surface area contributed by atoms with E-state index in [4.69, 9.17) is 16.3 Å². The van der Waals surface area contributed by atoms with Crippen molar-refractivity contribution in [1.29, 1.82) is 0 Å². The van der Waals surface area contributed by atoms with Gasteiger partial charge in [-0.15, -0.1) is 0 Å². The van der Waals surface area contributed by atoms with Gasteiger partial charge < -0.3 is 15.0 Å². The average molecular weight is 453 g/mol. The lowest BCUT2D eigenvalue weighted by Gasteiger charge is -2.16. The van der Waals surface area contributed by atoms with Crippen LogP contribution in [0.4, 0.5) is 11.4 Å². The lowest BCUT2D eigenvalue weighted by Crippen LogP contribution is -2.24. The van der Waals surface area contributed by atoms with E-state index in [9.17, 15) is 14.4 Å². The number of nitrogens with one attached hydrogen (secondary N) is 1. The maximum Gasteiger partial charge on any atom is 0.343 e.